The van der Waals surface area contributed by atoms with Crippen LogP contribution in [0, 0.1) is 6.92 Å². The maximum atomic E-state index is 12.7. The number of carbonyl (C=O) groups excluding carboxylic acids is 1. The van der Waals surface area contributed by atoms with E-state index in [4.69, 9.17) is 4.98 Å². The third-order valence-electron chi connectivity index (χ3n) is 4.39. The quantitative estimate of drug-likeness (QED) is 0.480. The minimum Gasteiger partial charge on any atom is -0.325 e. The monoisotopic (exact) mass is 419 g/mol. The molecule has 0 fully saturated rings. The summed E-state index contributed by atoms with van der Waals surface area (Å²) in [6.45, 7) is 2.25. The third-order valence-corrected chi connectivity index (χ3v) is 4.92. The van der Waals surface area contributed by atoms with Crippen LogP contribution in [0.25, 0.3) is 22.4 Å². The van der Waals surface area contributed by atoms with Gasteiger partial charge in [-0.1, -0.05) is 57.9 Å². The number of aromatic nitrogens is 2. The highest BCUT2D eigenvalue weighted by molar-refractivity contribution is 9.10. The van der Waals surface area contributed by atoms with Crippen LogP contribution in [0.15, 0.2) is 77.3 Å². The number of amides is 1. The molecule has 5 heteroatoms. The summed E-state index contributed by atoms with van der Waals surface area (Å²) < 4.78 is 2.94. The molecule has 134 valence electrons. The number of anilines is 1. The van der Waals surface area contributed by atoms with Crippen molar-refractivity contribution in [3.05, 3.63) is 82.8 Å². The Balaban J connectivity index is 1.69. The van der Waals surface area contributed by atoms with Gasteiger partial charge in [0.2, 0.25) is 5.91 Å². The molecule has 1 heterocycles. The van der Waals surface area contributed by atoms with E-state index in [9.17, 15) is 4.79 Å². The number of hydrogen-bond acceptors (Lipinski definition) is 2. The van der Waals surface area contributed by atoms with E-state index in [2.05, 4.69) is 40.3 Å². The largest absolute Gasteiger partial charge is 0.325 e. The van der Waals surface area contributed by atoms with Crippen LogP contribution in [0.4, 0.5) is 5.69 Å². The van der Waals surface area contributed by atoms with Crippen molar-refractivity contribution >= 4 is 38.6 Å². The molecule has 0 aliphatic rings. The molecule has 0 saturated carbocycles. The first-order chi connectivity index (χ1) is 13.1. The molecule has 0 saturated heterocycles. The van der Waals surface area contributed by atoms with Crippen molar-refractivity contribution in [2.24, 2.45) is 0 Å². The molecule has 0 radical (unpaired) electrons. The molecule has 1 amide bonds. The Morgan fingerprint density at radius 3 is 2.44 bits per heavy atom. The van der Waals surface area contributed by atoms with Crippen molar-refractivity contribution in [3.8, 4) is 11.4 Å². The first-order valence-electron chi connectivity index (χ1n) is 8.68. The second-order valence-electron chi connectivity index (χ2n) is 6.43. The van der Waals surface area contributed by atoms with E-state index in [0.29, 0.717) is 0 Å². The number of benzene rings is 3. The summed E-state index contributed by atoms with van der Waals surface area (Å²) in [4.78, 5) is 17.4. The molecule has 4 nitrogen and oxygen atoms in total. The molecule has 4 aromatic rings. The van der Waals surface area contributed by atoms with Crippen LogP contribution < -0.4 is 5.32 Å². The number of hydrogen-bond donors (Lipinski definition) is 1. The van der Waals surface area contributed by atoms with Gasteiger partial charge in [0, 0.05) is 15.7 Å². The van der Waals surface area contributed by atoms with Crippen LogP contribution in [0.2, 0.25) is 0 Å². The Morgan fingerprint density at radius 1 is 1.00 bits per heavy atom. The summed E-state index contributed by atoms with van der Waals surface area (Å²) in [5.74, 6) is 0.705. The van der Waals surface area contributed by atoms with Gasteiger partial charge in [-0.25, -0.2) is 4.98 Å². The molecule has 3 aromatic carbocycles. The molecular weight excluding hydrogens is 402 g/mol. The van der Waals surface area contributed by atoms with Crippen molar-refractivity contribution in [1.29, 1.82) is 0 Å². The summed E-state index contributed by atoms with van der Waals surface area (Å²) in [7, 11) is 0. The van der Waals surface area contributed by atoms with E-state index in [1.165, 1.54) is 5.56 Å². The average molecular weight is 420 g/mol. The number of rotatable bonds is 4. The summed E-state index contributed by atoms with van der Waals surface area (Å²) in [6.07, 6.45) is 0. The fraction of sp³-hybridized carbons (Fsp3) is 0.0909. The summed E-state index contributed by atoms with van der Waals surface area (Å²) >= 11 is 3.40. The molecule has 1 N–H and O–H groups in total. The van der Waals surface area contributed by atoms with Gasteiger partial charge in [0.05, 0.1) is 11.0 Å². The molecule has 4 rings (SSSR count). The molecule has 0 spiro atoms. The number of carbonyl (C=O) groups is 1. The molecule has 0 bridgehead atoms. The van der Waals surface area contributed by atoms with Gasteiger partial charge >= 0.3 is 0 Å². The number of nitrogens with zero attached hydrogens (tertiary/aromatic N) is 2. The van der Waals surface area contributed by atoms with Crippen molar-refractivity contribution in [3.63, 3.8) is 0 Å². The first kappa shape index (κ1) is 17.5. The normalized spacial score (nSPS) is 10.9. The SMILES string of the molecule is Cc1ccc(-c2nc3ccccc3n2CC(=O)Nc2ccc(Br)cc2)cc1. The lowest BCUT2D eigenvalue weighted by atomic mass is 10.1. The molecule has 27 heavy (non-hydrogen) atoms. The van der Waals surface area contributed by atoms with Crippen LogP contribution in [-0.2, 0) is 11.3 Å². The average Bonchev–Trinajstić information content (AvgIpc) is 3.03. The third kappa shape index (κ3) is 3.78. The number of imidazole rings is 1. The van der Waals surface area contributed by atoms with Gasteiger partial charge in [-0.3, -0.25) is 4.79 Å². The zero-order chi connectivity index (χ0) is 18.8. The maximum Gasteiger partial charge on any atom is 0.244 e. The first-order valence-corrected chi connectivity index (χ1v) is 9.47. The van der Waals surface area contributed by atoms with Gasteiger partial charge in [0.1, 0.15) is 12.4 Å². The van der Waals surface area contributed by atoms with E-state index in [-0.39, 0.29) is 12.5 Å². The predicted octanol–water partition coefficient (Wildman–Crippen LogP) is 5.41. The van der Waals surface area contributed by atoms with Crippen molar-refractivity contribution in [2.45, 2.75) is 13.5 Å². The Hall–Kier alpha value is -2.92. The van der Waals surface area contributed by atoms with Crippen LogP contribution >= 0.6 is 15.9 Å². The van der Waals surface area contributed by atoms with Gasteiger partial charge in [0.15, 0.2) is 0 Å². The summed E-state index contributed by atoms with van der Waals surface area (Å²) in [6, 6.07) is 23.6. The molecule has 0 atom stereocenters. The zero-order valence-corrected chi connectivity index (χ0v) is 16.4. The fourth-order valence-electron chi connectivity index (χ4n) is 3.04. The second-order valence-corrected chi connectivity index (χ2v) is 7.35. The maximum absolute atomic E-state index is 12.7. The van der Waals surface area contributed by atoms with E-state index in [1.54, 1.807) is 0 Å². The Labute approximate surface area is 166 Å². The highest BCUT2D eigenvalue weighted by Gasteiger charge is 2.15. The van der Waals surface area contributed by atoms with Gasteiger partial charge in [-0.15, -0.1) is 0 Å². The number of para-hydroxylation sites is 2. The number of aryl methyl sites for hydroxylation is 1. The number of fused-ring (bicyclic) bond motifs is 1. The van der Waals surface area contributed by atoms with E-state index >= 15 is 0 Å². The Bertz CT molecular complexity index is 1100. The topological polar surface area (TPSA) is 46.9 Å². The number of nitrogens with one attached hydrogen (secondary N) is 1. The van der Waals surface area contributed by atoms with Crippen LogP contribution in [-0.4, -0.2) is 15.5 Å². The predicted molar refractivity (Wildman–Crippen MR) is 113 cm³/mol. The highest BCUT2D eigenvalue weighted by Crippen LogP contribution is 2.25. The smallest absolute Gasteiger partial charge is 0.244 e. The van der Waals surface area contributed by atoms with Crippen LogP contribution in [0.1, 0.15) is 5.56 Å². The van der Waals surface area contributed by atoms with Crippen LogP contribution in [0.5, 0.6) is 0 Å². The minimum absolute atomic E-state index is 0.0890. The molecule has 0 aliphatic carbocycles. The molecule has 0 unspecified atom stereocenters. The van der Waals surface area contributed by atoms with Gasteiger partial charge in [-0.05, 0) is 43.3 Å². The van der Waals surface area contributed by atoms with Gasteiger partial charge < -0.3 is 9.88 Å². The molecule has 0 aliphatic heterocycles. The Morgan fingerprint density at radius 2 is 1.70 bits per heavy atom. The van der Waals surface area contributed by atoms with E-state index < -0.39 is 0 Å². The van der Waals surface area contributed by atoms with E-state index in [1.807, 2.05) is 65.2 Å². The lowest BCUT2D eigenvalue weighted by molar-refractivity contribution is -0.116. The lowest BCUT2D eigenvalue weighted by Crippen LogP contribution is -2.19. The van der Waals surface area contributed by atoms with Gasteiger partial charge in [0.25, 0.3) is 0 Å². The van der Waals surface area contributed by atoms with Gasteiger partial charge in [-0.2, -0.15) is 0 Å². The molecule has 1 aromatic heterocycles. The lowest BCUT2D eigenvalue weighted by Gasteiger charge is -2.10. The van der Waals surface area contributed by atoms with Crippen LogP contribution in [0.3, 0.4) is 0 Å². The fourth-order valence-corrected chi connectivity index (χ4v) is 3.30. The summed E-state index contributed by atoms with van der Waals surface area (Å²) in [5.41, 5.74) is 4.77. The highest BCUT2D eigenvalue weighted by atomic mass is 79.9. The van der Waals surface area contributed by atoms with Crippen molar-refractivity contribution < 1.29 is 4.79 Å². The Kier molecular flexibility index (Phi) is 4.77. The van der Waals surface area contributed by atoms with E-state index in [0.717, 1.165) is 32.6 Å². The molecular formula is C22H18BrN3O. The zero-order valence-electron chi connectivity index (χ0n) is 14.8. The number of halogens is 1. The van der Waals surface area contributed by atoms with Crippen molar-refractivity contribution in [1.82, 2.24) is 9.55 Å². The second kappa shape index (κ2) is 7.37. The van der Waals surface area contributed by atoms with Crippen molar-refractivity contribution in [2.75, 3.05) is 5.32 Å². The minimum atomic E-state index is -0.0890. The summed E-state index contributed by atoms with van der Waals surface area (Å²) in [5, 5.41) is 2.95. The standard InChI is InChI=1S/C22H18BrN3O/c1-15-6-8-16(9-7-15)22-25-19-4-2-3-5-20(19)26(22)14-21(27)24-18-12-10-17(23)11-13-18/h2-13H,14H2,1H3,(H,24,27).